The molecule has 1 rings (SSSR count). The summed E-state index contributed by atoms with van der Waals surface area (Å²) in [5.74, 6) is -1.90. The van der Waals surface area contributed by atoms with E-state index < -0.39 is 27.3 Å². The molecule has 3 nitrogen and oxygen atoms in total. The van der Waals surface area contributed by atoms with Crippen LogP contribution < -0.4 is 0 Å². The van der Waals surface area contributed by atoms with E-state index in [1.807, 2.05) is 0 Å². The fourth-order valence-corrected chi connectivity index (χ4v) is 2.29. The van der Waals surface area contributed by atoms with Crippen molar-refractivity contribution in [2.24, 2.45) is 0 Å². The van der Waals surface area contributed by atoms with Crippen LogP contribution in [0.2, 0.25) is 5.02 Å². The minimum atomic E-state index is -1.71. The second kappa shape index (κ2) is 5.14. The van der Waals surface area contributed by atoms with Crippen LogP contribution in [-0.2, 0) is 21.3 Å². The second-order valence-corrected chi connectivity index (χ2v) is 6.48. The number of carbonyl (C=O) groups is 1. The van der Waals surface area contributed by atoms with Crippen LogP contribution in [0.15, 0.2) is 18.2 Å². The Morgan fingerprint density at radius 1 is 1.53 bits per heavy atom. The predicted octanol–water partition coefficient (Wildman–Crippen LogP) is 2.59. The van der Waals surface area contributed by atoms with Gasteiger partial charge in [-0.05, 0) is 26.0 Å². The highest BCUT2D eigenvalue weighted by Crippen LogP contribution is 2.21. The molecule has 0 aliphatic rings. The smallest absolute Gasteiger partial charge is 0.321 e. The first-order chi connectivity index (χ1) is 7.75. The number of aliphatic carboxylic acids is 1. The standard InChI is InChI=1S/C11H12ClFO3S/c1-11(2,10(14)15)17(16)6-7-3-4-8(12)5-9(7)13/h3-5H,6H2,1-2H3,(H,14,15). The van der Waals surface area contributed by atoms with Crippen molar-refractivity contribution < 1.29 is 18.5 Å². The summed E-state index contributed by atoms with van der Waals surface area (Å²) in [6.45, 7) is 2.69. The van der Waals surface area contributed by atoms with E-state index in [-0.39, 0.29) is 16.3 Å². The SMILES string of the molecule is CC(C)(C(=O)O)S(=O)Cc1ccc(Cl)cc1F. The number of hydrogen-bond acceptors (Lipinski definition) is 2. The monoisotopic (exact) mass is 278 g/mol. The van der Waals surface area contributed by atoms with Gasteiger partial charge in [0.2, 0.25) is 0 Å². The average Bonchev–Trinajstić information content (AvgIpc) is 2.21. The Morgan fingerprint density at radius 3 is 2.59 bits per heavy atom. The summed E-state index contributed by atoms with van der Waals surface area (Å²) in [6, 6.07) is 4.00. The maximum atomic E-state index is 13.4. The van der Waals surface area contributed by atoms with Crippen molar-refractivity contribution in [3.8, 4) is 0 Å². The molecular weight excluding hydrogens is 267 g/mol. The number of rotatable bonds is 4. The van der Waals surface area contributed by atoms with Crippen molar-refractivity contribution in [2.45, 2.75) is 24.3 Å². The summed E-state index contributed by atoms with van der Waals surface area (Å²) in [6.07, 6.45) is 0. The fourth-order valence-electron chi connectivity index (χ4n) is 1.06. The Hall–Kier alpha value is -0.940. The number of halogens is 2. The molecule has 1 aromatic rings. The van der Waals surface area contributed by atoms with Crippen LogP contribution in [0.25, 0.3) is 0 Å². The topological polar surface area (TPSA) is 54.4 Å². The quantitative estimate of drug-likeness (QED) is 0.921. The Balaban J connectivity index is 2.92. The van der Waals surface area contributed by atoms with Gasteiger partial charge in [0.15, 0.2) is 0 Å². The van der Waals surface area contributed by atoms with Crippen molar-refractivity contribution in [3.63, 3.8) is 0 Å². The molecule has 0 aliphatic carbocycles. The van der Waals surface area contributed by atoms with Crippen molar-refractivity contribution >= 4 is 28.4 Å². The highest BCUT2D eigenvalue weighted by molar-refractivity contribution is 7.86. The first kappa shape index (κ1) is 14.1. The number of benzene rings is 1. The van der Waals surface area contributed by atoms with Crippen LogP contribution in [0.3, 0.4) is 0 Å². The van der Waals surface area contributed by atoms with Crippen molar-refractivity contribution in [3.05, 3.63) is 34.6 Å². The molecule has 0 heterocycles. The molecule has 0 aromatic heterocycles. The lowest BCUT2D eigenvalue weighted by atomic mass is 10.2. The molecule has 0 saturated heterocycles. The first-order valence-electron chi connectivity index (χ1n) is 4.81. The molecule has 1 atom stereocenters. The fraction of sp³-hybridized carbons (Fsp3) is 0.364. The maximum Gasteiger partial charge on any atom is 0.321 e. The Labute approximate surface area is 106 Å². The van der Waals surface area contributed by atoms with E-state index in [0.717, 1.165) is 6.07 Å². The third-order valence-electron chi connectivity index (χ3n) is 2.39. The van der Waals surface area contributed by atoms with Gasteiger partial charge in [-0.2, -0.15) is 0 Å². The van der Waals surface area contributed by atoms with E-state index in [4.69, 9.17) is 16.7 Å². The minimum Gasteiger partial charge on any atom is -0.480 e. The first-order valence-corrected chi connectivity index (χ1v) is 6.50. The molecule has 17 heavy (non-hydrogen) atoms. The summed E-state index contributed by atoms with van der Waals surface area (Å²) in [7, 11) is -1.71. The van der Waals surface area contributed by atoms with Crippen LogP contribution >= 0.6 is 11.6 Å². The third-order valence-corrected chi connectivity index (χ3v) is 4.51. The number of hydrogen-bond donors (Lipinski definition) is 1. The van der Waals surface area contributed by atoms with E-state index in [2.05, 4.69) is 0 Å². The van der Waals surface area contributed by atoms with Gasteiger partial charge in [-0.3, -0.25) is 9.00 Å². The van der Waals surface area contributed by atoms with E-state index in [1.54, 1.807) is 0 Å². The molecule has 0 fully saturated rings. The van der Waals surface area contributed by atoms with Crippen molar-refractivity contribution in [2.75, 3.05) is 0 Å². The van der Waals surface area contributed by atoms with Gasteiger partial charge >= 0.3 is 5.97 Å². The highest BCUT2D eigenvalue weighted by atomic mass is 35.5. The molecule has 0 spiro atoms. The number of carboxylic acid groups (broad SMARTS) is 1. The zero-order valence-electron chi connectivity index (χ0n) is 9.37. The lowest BCUT2D eigenvalue weighted by molar-refractivity contribution is -0.139. The maximum absolute atomic E-state index is 13.4. The van der Waals surface area contributed by atoms with E-state index in [0.29, 0.717) is 0 Å². The van der Waals surface area contributed by atoms with Crippen molar-refractivity contribution in [1.29, 1.82) is 0 Å². The average molecular weight is 279 g/mol. The largest absolute Gasteiger partial charge is 0.480 e. The zero-order valence-corrected chi connectivity index (χ0v) is 10.9. The van der Waals surface area contributed by atoms with Crippen LogP contribution in [0.1, 0.15) is 19.4 Å². The van der Waals surface area contributed by atoms with Crippen LogP contribution in [0.5, 0.6) is 0 Å². The molecular formula is C11H12ClFO3S. The van der Waals surface area contributed by atoms with Gasteiger partial charge in [0.05, 0.1) is 5.75 Å². The lowest BCUT2D eigenvalue weighted by Gasteiger charge is -2.18. The van der Waals surface area contributed by atoms with E-state index in [1.165, 1.54) is 26.0 Å². The summed E-state index contributed by atoms with van der Waals surface area (Å²) >= 11 is 5.58. The molecule has 0 radical (unpaired) electrons. The van der Waals surface area contributed by atoms with Gasteiger partial charge < -0.3 is 5.11 Å². The summed E-state index contributed by atoms with van der Waals surface area (Å²) in [4.78, 5) is 10.9. The molecule has 0 saturated carbocycles. The van der Waals surface area contributed by atoms with Gasteiger partial charge in [0.25, 0.3) is 0 Å². The Bertz CT molecular complexity index is 474. The molecule has 0 bridgehead atoms. The van der Waals surface area contributed by atoms with Crippen LogP contribution in [0, 0.1) is 5.82 Å². The van der Waals surface area contributed by atoms with Gasteiger partial charge in [-0.25, -0.2) is 4.39 Å². The van der Waals surface area contributed by atoms with Crippen molar-refractivity contribution in [1.82, 2.24) is 0 Å². The second-order valence-electron chi connectivity index (χ2n) is 4.04. The lowest BCUT2D eigenvalue weighted by Crippen LogP contribution is -2.37. The summed E-state index contributed by atoms with van der Waals surface area (Å²) in [5, 5.41) is 9.14. The number of carboxylic acids is 1. The molecule has 6 heteroatoms. The van der Waals surface area contributed by atoms with E-state index >= 15 is 0 Å². The molecule has 1 N–H and O–H groups in total. The van der Waals surface area contributed by atoms with E-state index in [9.17, 15) is 13.4 Å². The van der Waals surface area contributed by atoms with Gasteiger partial charge in [0.1, 0.15) is 10.6 Å². The molecule has 0 amide bonds. The molecule has 1 aromatic carbocycles. The summed E-state index contributed by atoms with van der Waals surface area (Å²) in [5.41, 5.74) is 0.196. The van der Waals surface area contributed by atoms with Gasteiger partial charge in [-0.1, -0.05) is 17.7 Å². The molecule has 1 unspecified atom stereocenters. The third kappa shape index (κ3) is 3.26. The normalized spacial score (nSPS) is 13.4. The van der Waals surface area contributed by atoms with Crippen LogP contribution in [0.4, 0.5) is 4.39 Å². The van der Waals surface area contributed by atoms with Crippen LogP contribution in [-0.4, -0.2) is 20.0 Å². The molecule has 0 aliphatic heterocycles. The predicted molar refractivity (Wildman–Crippen MR) is 65.0 cm³/mol. The molecule has 94 valence electrons. The zero-order chi connectivity index (χ0) is 13.2. The Kier molecular flexibility index (Phi) is 4.27. The van der Waals surface area contributed by atoms with Gasteiger partial charge in [0, 0.05) is 21.4 Å². The Morgan fingerprint density at radius 2 is 2.12 bits per heavy atom. The highest BCUT2D eigenvalue weighted by Gasteiger charge is 2.34. The van der Waals surface area contributed by atoms with Gasteiger partial charge in [-0.15, -0.1) is 0 Å². The minimum absolute atomic E-state index is 0.150. The summed E-state index contributed by atoms with van der Waals surface area (Å²) < 4.78 is 23.9.